The van der Waals surface area contributed by atoms with Crippen LogP contribution < -0.4 is 40.8 Å². The number of phenolic OH excluding ortho intramolecular Hbond substituents is 4. The van der Waals surface area contributed by atoms with Crippen molar-refractivity contribution in [2.24, 2.45) is 5.84 Å². The molecular formula is C58H61BN8NaO13S2. The number of aromatic amines is 1. The van der Waals surface area contributed by atoms with Gasteiger partial charge in [-0.15, -0.1) is 0 Å². The molecule has 0 aliphatic heterocycles. The number of carbonyl (C=O) groups excluding carboxylic acids is 2. The van der Waals surface area contributed by atoms with Crippen molar-refractivity contribution in [3.63, 3.8) is 0 Å². The standard InChI is InChI=1S/C20H21N3O3S.C10H14N2O3.C10H9NOS.C9H9NO3.C9H7NO3.B.Na.H/c1-10(2)15-8-16(18(26)9-17(15)25)19-21-22-20(27)23(19)13-4-3-11-6-14(24)7-12(11)5-13;1-5(2)6-3-7(10(15)12-11)9(14)4-8(6)13;11-6-13-10-2-1-7-3-9(12)4-8(7)5-10;2*11-9-4-6-1-2-8(10(12)13)3-7(6)5-9;;;/h3-5,8-10,14,24-26H,6-7H2,1-2H3,(H,22,27);3-5,13-14H,11H2,1-2H3,(H,12,15);1-2,5,9,12H,3-4H2;1-3,9,11H,4-5H2;1-3H,4-5H2;;;/q;;;;;;+1;-1. The van der Waals surface area contributed by atoms with Crippen LogP contribution in [0.3, 0.4) is 0 Å². The second kappa shape index (κ2) is 29.2. The molecule has 6 aromatic carbocycles. The molecule has 0 saturated carbocycles. The van der Waals surface area contributed by atoms with Gasteiger partial charge in [0.05, 0.1) is 45.0 Å². The number of nitrogens with one attached hydrogen (secondary N) is 2. The summed E-state index contributed by atoms with van der Waals surface area (Å²) in [4.78, 5) is 43.2. The van der Waals surface area contributed by atoms with Crippen molar-refractivity contribution in [1.82, 2.24) is 20.2 Å². The van der Waals surface area contributed by atoms with Crippen LogP contribution >= 0.6 is 24.0 Å². The van der Waals surface area contributed by atoms with E-state index in [2.05, 4.69) is 10.2 Å². The van der Waals surface area contributed by atoms with Crippen LogP contribution in [-0.4, -0.2) is 98.8 Å². The van der Waals surface area contributed by atoms with Crippen molar-refractivity contribution in [2.75, 3.05) is 0 Å². The van der Waals surface area contributed by atoms with Crippen LogP contribution in [0.1, 0.15) is 107 Å². The molecule has 4 aliphatic carbocycles. The summed E-state index contributed by atoms with van der Waals surface area (Å²) >= 11 is 6.59. The van der Waals surface area contributed by atoms with Crippen LogP contribution in [0.15, 0.2) is 102 Å². The predicted molar refractivity (Wildman–Crippen MR) is 311 cm³/mol. The van der Waals surface area contributed by atoms with Crippen molar-refractivity contribution in [2.45, 2.75) is 114 Å². The zero-order chi connectivity index (χ0) is 59.0. The van der Waals surface area contributed by atoms with E-state index in [4.69, 9.17) is 23.3 Å². The van der Waals surface area contributed by atoms with Gasteiger partial charge in [0.1, 0.15) is 34.2 Å². The van der Waals surface area contributed by atoms with E-state index >= 15 is 0 Å². The first-order valence-corrected chi connectivity index (χ1v) is 26.9. The number of nitrogens with two attached hydrogens (primary N) is 1. The Morgan fingerprint density at radius 3 is 1.69 bits per heavy atom. The molecule has 3 unspecified atom stereocenters. The van der Waals surface area contributed by atoms with Crippen molar-refractivity contribution >= 4 is 55.5 Å². The van der Waals surface area contributed by atoms with Crippen LogP contribution in [0.25, 0.3) is 17.1 Å². The van der Waals surface area contributed by atoms with Gasteiger partial charge in [-0.2, -0.15) is 10.4 Å². The number of aliphatic hydroxyl groups excluding tert-OH is 3. The van der Waals surface area contributed by atoms with Gasteiger partial charge >= 0.3 is 29.6 Å². The minimum Gasteiger partial charge on any atom is -1.00 e. The van der Waals surface area contributed by atoms with Gasteiger partial charge in [-0.05, 0) is 166 Å². The van der Waals surface area contributed by atoms with Gasteiger partial charge in [0.25, 0.3) is 17.3 Å². The molecule has 83 heavy (non-hydrogen) atoms. The molecule has 1 amide bonds. The largest absolute Gasteiger partial charge is 1.00 e. The molecule has 11 rings (SSSR count). The number of Topliss-reactive ketones (excluding diaryl/α,β-unsaturated/α-hetero) is 1. The molecule has 0 fully saturated rings. The fourth-order valence-electron chi connectivity index (χ4n) is 9.92. The number of phenols is 4. The quantitative estimate of drug-likeness (QED) is 0.0137. The number of amides is 1. The molecule has 3 atom stereocenters. The third-order valence-corrected chi connectivity index (χ3v) is 14.8. The van der Waals surface area contributed by atoms with E-state index in [0.717, 1.165) is 68.4 Å². The first kappa shape index (κ1) is 66.4. The number of hydrogen-bond donors (Lipinski definition) is 10. The van der Waals surface area contributed by atoms with Gasteiger partial charge in [-0.25, -0.2) is 5.84 Å². The number of nitro benzene ring substituents is 2. The number of thioether (sulfide) groups is 1. The first-order valence-electron chi connectivity index (χ1n) is 25.6. The Morgan fingerprint density at radius 2 is 1.16 bits per heavy atom. The third-order valence-electron chi connectivity index (χ3n) is 13.9. The summed E-state index contributed by atoms with van der Waals surface area (Å²) in [6.45, 7) is 7.68. The normalized spacial score (nSPS) is 15.5. The molecule has 3 radical (unpaired) electrons. The molecule has 25 heteroatoms. The number of nitro groups is 2. The molecule has 4 aliphatic rings. The van der Waals surface area contributed by atoms with Gasteiger partial charge in [0.2, 0.25) is 0 Å². The molecular weight excluding hydrogens is 1110 g/mol. The summed E-state index contributed by atoms with van der Waals surface area (Å²) in [6.07, 6.45) is 3.76. The van der Waals surface area contributed by atoms with E-state index in [9.17, 15) is 65.6 Å². The average molecular weight is 1180 g/mol. The SMILES string of the molecule is CC(C)c1cc(-c2n[nH]c(=S)n2-c2ccc3c(c2)CC(O)C3)c(O)cc1O.CC(C)c1cc(C(=O)NN)c(O)cc1O.N#CSc1ccc2c(c1)CC(O)C2.O=C1Cc2ccc([N+](=O)[O-])cc2C1.O=[N+]([O-])c1ccc2c(c1)CC(O)C2.[B].[H-].[Na+]. The fourth-order valence-corrected chi connectivity index (χ4v) is 10.6. The van der Waals surface area contributed by atoms with E-state index in [0.29, 0.717) is 60.2 Å². The van der Waals surface area contributed by atoms with Gasteiger partial charge in [0.15, 0.2) is 10.6 Å². The number of hydrogen-bond acceptors (Lipinski definition) is 18. The Kier molecular flexibility index (Phi) is 23.3. The minimum atomic E-state index is -0.589. The zero-order valence-electron chi connectivity index (χ0n) is 47.1. The maximum absolute atomic E-state index is 11.2. The van der Waals surface area contributed by atoms with Crippen molar-refractivity contribution in [3.8, 4) is 45.5 Å². The number of ketones is 1. The number of nitriles is 1. The molecule has 21 nitrogen and oxygen atoms in total. The number of fused-ring (bicyclic) bond motifs is 4. The Morgan fingerprint density at radius 1 is 0.699 bits per heavy atom. The van der Waals surface area contributed by atoms with Crippen molar-refractivity contribution < 1.29 is 86.2 Å². The summed E-state index contributed by atoms with van der Waals surface area (Å²) in [6, 6.07) is 26.9. The number of thiocyanates is 1. The minimum absolute atomic E-state index is 0. The summed E-state index contributed by atoms with van der Waals surface area (Å²) in [5.41, 5.74) is 13.1. The van der Waals surface area contributed by atoms with Crippen molar-refractivity contribution in [1.29, 1.82) is 5.26 Å². The topological polar surface area (TPSA) is 357 Å². The molecule has 1 aromatic heterocycles. The number of nitrogens with zero attached hydrogens (tertiary/aromatic N) is 5. The molecule has 7 aromatic rings. The summed E-state index contributed by atoms with van der Waals surface area (Å²) in [5.74, 6) is 4.78. The predicted octanol–water partition coefficient (Wildman–Crippen LogP) is 5.19. The maximum Gasteiger partial charge on any atom is 1.00 e. The van der Waals surface area contributed by atoms with Crippen LogP contribution in [-0.2, 0) is 56.2 Å². The van der Waals surface area contributed by atoms with E-state index in [1.807, 2.05) is 74.9 Å². The molecule has 427 valence electrons. The number of H-pyrrole nitrogens is 1. The number of carbonyl (C=O) groups is 2. The van der Waals surface area contributed by atoms with Crippen LogP contribution in [0.4, 0.5) is 11.4 Å². The molecule has 0 bridgehead atoms. The monoisotopic (exact) mass is 1180 g/mol. The number of benzene rings is 6. The number of non-ortho nitro benzene ring substituents is 2. The number of aromatic nitrogens is 3. The van der Waals surface area contributed by atoms with Crippen LogP contribution in [0.5, 0.6) is 23.0 Å². The van der Waals surface area contributed by atoms with Gasteiger partial charge in [-0.1, -0.05) is 52.0 Å². The third kappa shape index (κ3) is 16.4. The smallest absolute Gasteiger partial charge is 1.00 e. The van der Waals surface area contributed by atoms with Crippen LogP contribution in [0.2, 0.25) is 0 Å². The molecule has 11 N–H and O–H groups in total. The Labute approximate surface area is 512 Å². The zero-order valence-corrected chi connectivity index (χ0v) is 49.7. The van der Waals surface area contributed by atoms with E-state index < -0.39 is 15.8 Å². The molecule has 1 heterocycles. The van der Waals surface area contributed by atoms with Gasteiger partial charge in [-0.3, -0.25) is 44.9 Å². The number of hydrazine groups is 1. The molecule has 0 spiro atoms. The Hall–Kier alpha value is -7.44. The van der Waals surface area contributed by atoms with E-state index in [1.54, 1.807) is 28.8 Å². The fraction of sp³-hybridized carbons (Fsp3) is 0.293. The molecule has 0 saturated heterocycles. The summed E-state index contributed by atoms with van der Waals surface area (Å²) in [7, 11) is 0. The average Bonchev–Trinajstić information content (AvgIpc) is 3.22. The van der Waals surface area contributed by atoms with Crippen LogP contribution in [0, 0.1) is 35.7 Å². The second-order valence-electron chi connectivity index (χ2n) is 20.4. The number of aromatic hydroxyl groups is 4. The summed E-state index contributed by atoms with van der Waals surface area (Å²) < 4.78 is 2.17. The number of aliphatic hydroxyl groups is 3. The van der Waals surface area contributed by atoms with Crippen molar-refractivity contribution in [3.05, 3.63) is 183 Å². The van der Waals surface area contributed by atoms with Gasteiger partial charge < -0.3 is 37.2 Å². The Bertz CT molecular complexity index is 3670. The second-order valence-corrected chi connectivity index (χ2v) is 21.6. The van der Waals surface area contributed by atoms with E-state index in [1.165, 1.54) is 53.2 Å². The Balaban J connectivity index is 0.000000232. The number of nitrogen functional groups attached to an aromatic ring is 1. The summed E-state index contributed by atoms with van der Waals surface area (Å²) in [5, 5.41) is 107. The maximum atomic E-state index is 11.2. The number of rotatable bonds is 8. The van der Waals surface area contributed by atoms with E-state index in [-0.39, 0.29) is 115 Å². The first-order chi connectivity index (χ1) is 38.4. The van der Waals surface area contributed by atoms with Gasteiger partial charge in [0, 0.05) is 62.5 Å².